The third-order valence-corrected chi connectivity index (χ3v) is 4.74. The van der Waals surface area contributed by atoms with Gasteiger partial charge in [-0.25, -0.2) is 17.9 Å². The Morgan fingerprint density at radius 1 is 1.50 bits per heavy atom. The normalized spacial score (nSPS) is 19.1. The third kappa shape index (κ3) is 3.49. The van der Waals surface area contributed by atoms with E-state index in [-0.39, 0.29) is 28.1 Å². The van der Waals surface area contributed by atoms with Gasteiger partial charge in [0.2, 0.25) is 10.0 Å². The highest BCUT2D eigenvalue weighted by molar-refractivity contribution is 7.89. The molecule has 6 nitrogen and oxygen atoms in total. The molecular weight excluding hydrogens is 306 g/mol. The van der Waals surface area contributed by atoms with Crippen LogP contribution in [-0.2, 0) is 14.8 Å². The molecule has 0 aliphatic carbocycles. The summed E-state index contributed by atoms with van der Waals surface area (Å²) in [5.74, 6) is -1.20. The molecule has 0 radical (unpaired) electrons. The van der Waals surface area contributed by atoms with E-state index in [4.69, 9.17) is 21.4 Å². The van der Waals surface area contributed by atoms with Crippen LogP contribution < -0.4 is 4.72 Å². The van der Waals surface area contributed by atoms with E-state index < -0.39 is 16.0 Å². The topological polar surface area (TPSA) is 92.7 Å². The molecule has 1 atom stereocenters. The number of sulfonamides is 1. The van der Waals surface area contributed by atoms with Crippen LogP contribution in [0, 0.1) is 0 Å². The van der Waals surface area contributed by atoms with Crippen molar-refractivity contribution in [1.29, 1.82) is 0 Å². The van der Waals surface area contributed by atoms with E-state index in [0.717, 1.165) is 18.9 Å². The van der Waals surface area contributed by atoms with Crippen LogP contribution in [0.3, 0.4) is 0 Å². The minimum absolute atomic E-state index is 0.0644. The molecule has 1 aromatic rings. The predicted molar refractivity (Wildman–Crippen MR) is 72.6 cm³/mol. The number of nitrogens with one attached hydrogen (secondary N) is 1. The Hall–Kier alpha value is -1.15. The van der Waals surface area contributed by atoms with E-state index in [0.29, 0.717) is 6.61 Å². The average Bonchev–Trinajstić information content (AvgIpc) is 2.89. The van der Waals surface area contributed by atoms with Gasteiger partial charge in [-0.15, -0.1) is 0 Å². The summed E-state index contributed by atoms with van der Waals surface area (Å²) in [7, 11) is -3.72. The maximum Gasteiger partial charge on any atom is 0.337 e. The molecule has 2 N–H and O–H groups in total. The molecule has 0 saturated carbocycles. The van der Waals surface area contributed by atoms with Crippen LogP contribution in [-0.4, -0.2) is 38.7 Å². The lowest BCUT2D eigenvalue weighted by molar-refractivity contribution is 0.0697. The monoisotopic (exact) mass is 319 g/mol. The molecule has 110 valence electrons. The molecule has 1 aliphatic rings. The molecule has 0 spiro atoms. The van der Waals surface area contributed by atoms with Crippen LogP contribution >= 0.6 is 11.6 Å². The highest BCUT2D eigenvalue weighted by atomic mass is 35.5. The maximum atomic E-state index is 12.0. The van der Waals surface area contributed by atoms with E-state index in [2.05, 4.69) is 4.72 Å². The van der Waals surface area contributed by atoms with Gasteiger partial charge in [0.25, 0.3) is 0 Å². The smallest absolute Gasteiger partial charge is 0.337 e. The Balaban J connectivity index is 2.12. The number of halogens is 1. The van der Waals surface area contributed by atoms with Crippen molar-refractivity contribution < 1.29 is 23.1 Å². The first-order chi connectivity index (χ1) is 9.40. The van der Waals surface area contributed by atoms with Gasteiger partial charge in [0.1, 0.15) is 0 Å². The number of rotatable bonds is 5. The van der Waals surface area contributed by atoms with E-state index in [1.165, 1.54) is 12.1 Å². The Bertz CT molecular complexity index is 610. The third-order valence-electron chi connectivity index (χ3n) is 3.01. The minimum atomic E-state index is -3.72. The van der Waals surface area contributed by atoms with Gasteiger partial charge in [-0.3, -0.25) is 0 Å². The van der Waals surface area contributed by atoms with Crippen molar-refractivity contribution in [3.05, 3.63) is 28.8 Å². The zero-order valence-corrected chi connectivity index (χ0v) is 12.1. The fraction of sp³-hybridized carbons (Fsp3) is 0.417. The Morgan fingerprint density at radius 3 is 2.80 bits per heavy atom. The van der Waals surface area contributed by atoms with Gasteiger partial charge < -0.3 is 9.84 Å². The molecule has 1 aromatic carbocycles. The Kier molecular flexibility index (Phi) is 4.64. The van der Waals surface area contributed by atoms with Crippen LogP contribution in [0.25, 0.3) is 0 Å². The largest absolute Gasteiger partial charge is 0.478 e. The number of hydrogen-bond donors (Lipinski definition) is 2. The fourth-order valence-corrected chi connectivity index (χ4v) is 3.35. The van der Waals surface area contributed by atoms with Crippen molar-refractivity contribution in [3.63, 3.8) is 0 Å². The molecule has 1 unspecified atom stereocenters. The van der Waals surface area contributed by atoms with Crippen molar-refractivity contribution in [3.8, 4) is 0 Å². The van der Waals surface area contributed by atoms with E-state index in [9.17, 15) is 13.2 Å². The summed E-state index contributed by atoms with van der Waals surface area (Å²) >= 11 is 5.76. The summed E-state index contributed by atoms with van der Waals surface area (Å²) in [5, 5.41) is 8.73. The van der Waals surface area contributed by atoms with Gasteiger partial charge >= 0.3 is 5.97 Å². The first-order valence-corrected chi connectivity index (χ1v) is 7.90. The van der Waals surface area contributed by atoms with Crippen molar-refractivity contribution in [2.24, 2.45) is 0 Å². The summed E-state index contributed by atoms with van der Waals surface area (Å²) in [5.41, 5.74) is -0.134. The molecule has 0 aromatic heterocycles. The number of hydrogen-bond acceptors (Lipinski definition) is 4. The van der Waals surface area contributed by atoms with Crippen molar-refractivity contribution in [2.45, 2.75) is 23.8 Å². The molecule has 1 aliphatic heterocycles. The van der Waals surface area contributed by atoms with Crippen LogP contribution in [0.5, 0.6) is 0 Å². The van der Waals surface area contributed by atoms with E-state index in [1.54, 1.807) is 0 Å². The second kappa shape index (κ2) is 6.09. The lowest BCUT2D eigenvalue weighted by Gasteiger charge is -2.12. The standard InChI is InChI=1S/C12H14ClNO5S/c13-11-6-9(3-4-10(11)12(15)16)20(17,18)14-7-8-2-1-5-19-8/h3-4,6,8,14H,1-2,5,7H2,(H,15,16). The summed E-state index contributed by atoms with van der Waals surface area (Å²) < 4.78 is 31.9. The van der Waals surface area contributed by atoms with Gasteiger partial charge in [0, 0.05) is 13.2 Å². The average molecular weight is 320 g/mol. The molecule has 8 heteroatoms. The van der Waals surface area contributed by atoms with Gasteiger partial charge in [-0.1, -0.05) is 11.6 Å². The lowest BCUT2D eigenvalue weighted by atomic mass is 10.2. The summed E-state index contributed by atoms with van der Waals surface area (Å²) in [4.78, 5) is 10.8. The molecular formula is C12H14ClNO5S. The SMILES string of the molecule is O=C(O)c1ccc(S(=O)(=O)NCC2CCCO2)cc1Cl. The van der Waals surface area contributed by atoms with Crippen LogP contribution in [0.15, 0.2) is 23.1 Å². The van der Waals surface area contributed by atoms with Crippen molar-refractivity contribution >= 4 is 27.6 Å². The van der Waals surface area contributed by atoms with Crippen LogP contribution in [0.4, 0.5) is 0 Å². The zero-order valence-electron chi connectivity index (χ0n) is 10.5. The maximum absolute atomic E-state index is 12.0. The first-order valence-electron chi connectivity index (χ1n) is 6.04. The fourth-order valence-electron chi connectivity index (χ4n) is 1.93. The molecule has 0 bridgehead atoms. The van der Waals surface area contributed by atoms with Crippen LogP contribution in [0.1, 0.15) is 23.2 Å². The van der Waals surface area contributed by atoms with Gasteiger partial charge in [-0.05, 0) is 31.0 Å². The van der Waals surface area contributed by atoms with Crippen LogP contribution in [0.2, 0.25) is 5.02 Å². The Labute approximate surface area is 121 Å². The molecule has 1 saturated heterocycles. The van der Waals surface area contributed by atoms with E-state index in [1.807, 2.05) is 0 Å². The number of carbonyl (C=O) groups is 1. The lowest BCUT2D eigenvalue weighted by Crippen LogP contribution is -2.31. The second-order valence-corrected chi connectivity index (χ2v) is 6.61. The molecule has 2 rings (SSSR count). The Morgan fingerprint density at radius 2 is 2.25 bits per heavy atom. The van der Waals surface area contributed by atoms with Crippen molar-refractivity contribution in [1.82, 2.24) is 4.72 Å². The zero-order chi connectivity index (χ0) is 14.8. The first kappa shape index (κ1) is 15.2. The van der Waals surface area contributed by atoms with Gasteiger partial charge in [0.05, 0.1) is 21.6 Å². The number of ether oxygens (including phenoxy) is 1. The molecule has 1 heterocycles. The second-order valence-electron chi connectivity index (χ2n) is 4.43. The number of aromatic carboxylic acids is 1. The van der Waals surface area contributed by atoms with Gasteiger partial charge in [0.15, 0.2) is 0 Å². The van der Waals surface area contributed by atoms with Gasteiger partial charge in [-0.2, -0.15) is 0 Å². The quantitative estimate of drug-likeness (QED) is 0.858. The number of benzene rings is 1. The molecule has 1 fully saturated rings. The van der Waals surface area contributed by atoms with Crippen molar-refractivity contribution in [2.75, 3.05) is 13.2 Å². The summed E-state index contributed by atoms with van der Waals surface area (Å²) in [6, 6.07) is 3.52. The molecule has 20 heavy (non-hydrogen) atoms. The predicted octanol–water partition coefficient (Wildman–Crippen LogP) is 1.50. The summed E-state index contributed by atoms with van der Waals surface area (Å²) in [6.45, 7) is 0.839. The number of carboxylic acids is 1. The number of carboxylic acid groups (broad SMARTS) is 1. The summed E-state index contributed by atoms with van der Waals surface area (Å²) in [6.07, 6.45) is 1.63. The van der Waals surface area contributed by atoms with E-state index >= 15 is 0 Å². The highest BCUT2D eigenvalue weighted by Crippen LogP contribution is 2.21. The molecule has 0 amide bonds. The minimum Gasteiger partial charge on any atom is -0.478 e. The highest BCUT2D eigenvalue weighted by Gasteiger charge is 2.21.